The molecule has 0 bridgehead atoms. The number of halogens is 1. The summed E-state index contributed by atoms with van der Waals surface area (Å²) in [6.45, 7) is 2.97. The molecule has 0 aromatic heterocycles. The summed E-state index contributed by atoms with van der Waals surface area (Å²) in [5, 5.41) is 3.94. The molecule has 0 atom stereocenters. The van der Waals surface area contributed by atoms with Crippen molar-refractivity contribution in [1.29, 1.82) is 0 Å². The van der Waals surface area contributed by atoms with Gasteiger partial charge in [-0.3, -0.25) is 0 Å². The van der Waals surface area contributed by atoms with Crippen LogP contribution in [0.15, 0.2) is 42.5 Å². The van der Waals surface area contributed by atoms with Crippen LogP contribution in [-0.4, -0.2) is 7.05 Å². The van der Waals surface area contributed by atoms with Crippen molar-refractivity contribution in [3.63, 3.8) is 0 Å². The van der Waals surface area contributed by atoms with E-state index in [1.54, 1.807) is 0 Å². The van der Waals surface area contributed by atoms with Gasteiger partial charge in [-0.05, 0) is 41.8 Å². The lowest BCUT2D eigenvalue weighted by molar-refractivity contribution is 0.818. The summed E-state index contributed by atoms with van der Waals surface area (Å²) < 4.78 is 0. The molecule has 0 saturated heterocycles. The summed E-state index contributed by atoms with van der Waals surface area (Å²) in [6.07, 6.45) is 1.05. The van der Waals surface area contributed by atoms with Gasteiger partial charge >= 0.3 is 0 Å². The van der Waals surface area contributed by atoms with Gasteiger partial charge in [0.1, 0.15) is 0 Å². The van der Waals surface area contributed by atoms with Crippen molar-refractivity contribution in [2.75, 3.05) is 7.05 Å². The van der Waals surface area contributed by atoms with Crippen molar-refractivity contribution in [2.45, 2.75) is 19.9 Å². The second kappa shape index (κ2) is 6.03. The lowest BCUT2D eigenvalue weighted by atomic mass is 10.0. The van der Waals surface area contributed by atoms with E-state index in [0.29, 0.717) is 0 Å². The molecule has 1 nitrogen and oxygen atoms in total. The summed E-state index contributed by atoms with van der Waals surface area (Å²) in [4.78, 5) is 0. The van der Waals surface area contributed by atoms with Crippen LogP contribution < -0.4 is 5.32 Å². The Labute approximate surface area is 114 Å². The minimum Gasteiger partial charge on any atom is -0.316 e. The van der Waals surface area contributed by atoms with E-state index in [4.69, 9.17) is 11.6 Å². The predicted octanol–water partition coefficient (Wildman–Crippen LogP) is 4.29. The Hall–Kier alpha value is -1.31. The van der Waals surface area contributed by atoms with Crippen LogP contribution in [-0.2, 0) is 13.0 Å². The molecule has 0 spiro atoms. The Morgan fingerprint density at radius 3 is 2.50 bits per heavy atom. The standard InChI is InChI=1S/C16H18ClN/c1-3-12-5-4-6-13(9-12)14-7-8-15(11-18-2)16(17)10-14/h4-10,18H,3,11H2,1-2H3. The number of hydrogen-bond acceptors (Lipinski definition) is 1. The molecule has 2 rings (SSSR count). The average molecular weight is 260 g/mol. The van der Waals surface area contributed by atoms with Crippen LogP contribution in [0, 0.1) is 0 Å². The normalized spacial score (nSPS) is 10.6. The third kappa shape index (κ3) is 2.92. The number of aryl methyl sites for hydroxylation is 1. The molecule has 18 heavy (non-hydrogen) atoms. The van der Waals surface area contributed by atoms with Crippen LogP contribution in [0.4, 0.5) is 0 Å². The van der Waals surface area contributed by atoms with E-state index in [1.807, 2.05) is 13.1 Å². The Kier molecular flexibility index (Phi) is 4.40. The lowest BCUT2D eigenvalue weighted by Crippen LogP contribution is -2.05. The van der Waals surface area contributed by atoms with E-state index in [0.717, 1.165) is 23.6 Å². The van der Waals surface area contributed by atoms with Crippen molar-refractivity contribution in [2.24, 2.45) is 0 Å². The second-order valence-electron chi connectivity index (χ2n) is 4.39. The summed E-state index contributed by atoms with van der Waals surface area (Å²) >= 11 is 6.29. The molecule has 1 N–H and O–H groups in total. The van der Waals surface area contributed by atoms with Gasteiger partial charge in [-0.1, -0.05) is 54.9 Å². The highest BCUT2D eigenvalue weighted by atomic mass is 35.5. The van der Waals surface area contributed by atoms with Gasteiger partial charge < -0.3 is 5.32 Å². The van der Waals surface area contributed by atoms with Gasteiger partial charge in [0, 0.05) is 11.6 Å². The van der Waals surface area contributed by atoms with Crippen LogP contribution in [0.2, 0.25) is 5.02 Å². The maximum atomic E-state index is 6.29. The molecule has 94 valence electrons. The van der Waals surface area contributed by atoms with E-state index in [-0.39, 0.29) is 0 Å². The van der Waals surface area contributed by atoms with E-state index >= 15 is 0 Å². The molecule has 0 saturated carbocycles. The zero-order valence-corrected chi connectivity index (χ0v) is 11.6. The van der Waals surface area contributed by atoms with Gasteiger partial charge in [0.15, 0.2) is 0 Å². The van der Waals surface area contributed by atoms with Crippen molar-refractivity contribution >= 4 is 11.6 Å². The first kappa shape index (κ1) is 13.1. The summed E-state index contributed by atoms with van der Waals surface area (Å²) in [6, 6.07) is 14.9. The minimum absolute atomic E-state index is 0.800. The quantitative estimate of drug-likeness (QED) is 0.864. The van der Waals surface area contributed by atoms with Gasteiger partial charge in [0.2, 0.25) is 0 Å². The molecule has 0 aliphatic rings. The number of benzene rings is 2. The van der Waals surface area contributed by atoms with Gasteiger partial charge in [0.25, 0.3) is 0 Å². The Morgan fingerprint density at radius 2 is 1.83 bits per heavy atom. The topological polar surface area (TPSA) is 12.0 Å². The molecule has 2 aromatic rings. The highest BCUT2D eigenvalue weighted by Crippen LogP contribution is 2.26. The Morgan fingerprint density at radius 1 is 1.06 bits per heavy atom. The van der Waals surface area contributed by atoms with Crippen molar-refractivity contribution in [3.8, 4) is 11.1 Å². The fraction of sp³-hybridized carbons (Fsp3) is 0.250. The zero-order chi connectivity index (χ0) is 13.0. The first-order valence-corrected chi connectivity index (χ1v) is 6.64. The second-order valence-corrected chi connectivity index (χ2v) is 4.80. The Balaban J connectivity index is 2.35. The zero-order valence-electron chi connectivity index (χ0n) is 10.8. The molecule has 0 fully saturated rings. The minimum atomic E-state index is 0.800. The molecule has 0 radical (unpaired) electrons. The number of nitrogens with one attached hydrogen (secondary N) is 1. The number of hydrogen-bond donors (Lipinski definition) is 1. The number of rotatable bonds is 4. The monoisotopic (exact) mass is 259 g/mol. The third-order valence-electron chi connectivity index (χ3n) is 3.09. The molecule has 0 aliphatic carbocycles. The first-order valence-electron chi connectivity index (χ1n) is 6.27. The van der Waals surface area contributed by atoms with Gasteiger partial charge in [0.05, 0.1) is 0 Å². The maximum Gasteiger partial charge on any atom is 0.0457 e. The average Bonchev–Trinajstić information content (AvgIpc) is 2.41. The van der Waals surface area contributed by atoms with Crippen LogP contribution in [0.3, 0.4) is 0 Å². The van der Waals surface area contributed by atoms with Crippen LogP contribution in [0.5, 0.6) is 0 Å². The fourth-order valence-corrected chi connectivity index (χ4v) is 2.28. The van der Waals surface area contributed by atoms with E-state index < -0.39 is 0 Å². The lowest BCUT2D eigenvalue weighted by Gasteiger charge is -2.08. The van der Waals surface area contributed by atoms with E-state index in [1.165, 1.54) is 16.7 Å². The maximum absolute atomic E-state index is 6.29. The Bertz CT molecular complexity index is 534. The van der Waals surface area contributed by atoms with Crippen molar-refractivity contribution in [1.82, 2.24) is 5.32 Å². The van der Waals surface area contributed by atoms with Gasteiger partial charge in [-0.25, -0.2) is 0 Å². The molecule has 0 amide bonds. The highest BCUT2D eigenvalue weighted by molar-refractivity contribution is 6.31. The molecule has 0 aliphatic heterocycles. The molecular formula is C16H18ClN. The van der Waals surface area contributed by atoms with Crippen LogP contribution >= 0.6 is 11.6 Å². The molecule has 0 unspecified atom stereocenters. The van der Waals surface area contributed by atoms with Crippen molar-refractivity contribution in [3.05, 3.63) is 58.6 Å². The molecular weight excluding hydrogens is 242 g/mol. The SMILES string of the molecule is CCc1cccc(-c2ccc(CNC)c(Cl)c2)c1. The van der Waals surface area contributed by atoms with Gasteiger partial charge in [-0.2, -0.15) is 0 Å². The first-order chi connectivity index (χ1) is 8.74. The third-order valence-corrected chi connectivity index (χ3v) is 3.44. The summed E-state index contributed by atoms with van der Waals surface area (Å²) in [5.41, 5.74) is 4.89. The van der Waals surface area contributed by atoms with Gasteiger partial charge in [-0.15, -0.1) is 0 Å². The summed E-state index contributed by atoms with van der Waals surface area (Å²) in [7, 11) is 1.93. The highest BCUT2D eigenvalue weighted by Gasteiger charge is 2.03. The smallest absolute Gasteiger partial charge is 0.0457 e. The molecule has 2 heteroatoms. The largest absolute Gasteiger partial charge is 0.316 e. The van der Waals surface area contributed by atoms with E-state index in [9.17, 15) is 0 Å². The van der Waals surface area contributed by atoms with E-state index in [2.05, 4.69) is 48.6 Å². The van der Waals surface area contributed by atoms with Crippen molar-refractivity contribution < 1.29 is 0 Å². The van der Waals surface area contributed by atoms with Crippen LogP contribution in [0.1, 0.15) is 18.1 Å². The summed E-state index contributed by atoms with van der Waals surface area (Å²) in [5.74, 6) is 0. The van der Waals surface area contributed by atoms with Crippen LogP contribution in [0.25, 0.3) is 11.1 Å². The predicted molar refractivity (Wildman–Crippen MR) is 79.0 cm³/mol. The fourth-order valence-electron chi connectivity index (χ4n) is 2.03. The molecule has 2 aromatic carbocycles. The molecule has 0 heterocycles.